The molecule has 3 aromatic carbocycles. The van der Waals surface area contributed by atoms with Crippen molar-refractivity contribution in [2.45, 2.75) is 10.9 Å². The molecule has 0 radical (unpaired) electrons. The number of carbonyl (C=O) groups is 1. The van der Waals surface area contributed by atoms with Crippen LogP contribution in [-0.2, 0) is 10.5 Å². The summed E-state index contributed by atoms with van der Waals surface area (Å²) >= 11 is 7.67. The second kappa shape index (κ2) is 10.2. The summed E-state index contributed by atoms with van der Waals surface area (Å²) in [5.41, 5.74) is 1.99. The molecule has 0 N–H and O–H groups in total. The number of carbonyl (C=O) groups excluding carboxylic acids is 1. The number of halogens is 2. The Morgan fingerprint density at radius 3 is 2.54 bits per heavy atom. The molecular formula is C26H21ClFN3O3S. The minimum absolute atomic E-state index is 0.120. The van der Waals surface area contributed by atoms with Crippen molar-refractivity contribution < 1.29 is 13.9 Å². The molecule has 1 aliphatic heterocycles. The molecule has 0 saturated carbocycles. The van der Waals surface area contributed by atoms with Gasteiger partial charge in [-0.3, -0.25) is 14.2 Å². The highest BCUT2D eigenvalue weighted by Crippen LogP contribution is 2.28. The first-order valence-electron chi connectivity index (χ1n) is 11.1. The van der Waals surface area contributed by atoms with Crippen LogP contribution >= 0.6 is 23.4 Å². The molecule has 1 saturated heterocycles. The van der Waals surface area contributed by atoms with Crippen LogP contribution in [0.5, 0.6) is 0 Å². The van der Waals surface area contributed by atoms with Gasteiger partial charge < -0.3 is 9.64 Å². The molecule has 0 aliphatic carbocycles. The van der Waals surface area contributed by atoms with Gasteiger partial charge in [-0.05, 0) is 54.1 Å². The van der Waals surface area contributed by atoms with E-state index in [1.807, 2.05) is 24.3 Å². The summed E-state index contributed by atoms with van der Waals surface area (Å²) in [6.07, 6.45) is 0. The Morgan fingerprint density at radius 1 is 1.06 bits per heavy atom. The fraction of sp³-hybridized carbons (Fsp3) is 0.192. The van der Waals surface area contributed by atoms with Crippen LogP contribution in [0.3, 0.4) is 0 Å². The van der Waals surface area contributed by atoms with Gasteiger partial charge in [0, 0.05) is 29.4 Å². The second-order valence-electron chi connectivity index (χ2n) is 8.03. The smallest absolute Gasteiger partial charge is 0.266 e. The van der Waals surface area contributed by atoms with E-state index in [1.165, 1.54) is 28.5 Å². The molecule has 1 fully saturated rings. The number of benzene rings is 3. The highest BCUT2D eigenvalue weighted by atomic mass is 35.5. The zero-order valence-corrected chi connectivity index (χ0v) is 20.2. The number of morpholine rings is 1. The molecule has 0 spiro atoms. The molecule has 35 heavy (non-hydrogen) atoms. The van der Waals surface area contributed by atoms with Crippen LogP contribution in [0.1, 0.15) is 15.9 Å². The van der Waals surface area contributed by atoms with Crippen LogP contribution in [0, 0.1) is 5.82 Å². The largest absolute Gasteiger partial charge is 0.378 e. The molecule has 178 valence electrons. The number of nitrogens with zero attached hydrogens (tertiary/aromatic N) is 3. The standard InChI is InChI=1S/C26H21ClFN3O3S/c27-22-4-2-1-3-18(22)16-35-26-29-23-15-17(24(32)30-11-13-34-14-12-30)5-10-21(23)25(33)31(26)20-8-6-19(28)7-9-20/h1-10,15H,11-14,16H2. The number of hydrogen-bond acceptors (Lipinski definition) is 5. The van der Waals surface area contributed by atoms with Crippen molar-refractivity contribution in [3.05, 3.63) is 99.1 Å². The number of fused-ring (bicyclic) bond motifs is 1. The highest BCUT2D eigenvalue weighted by Gasteiger charge is 2.20. The molecule has 1 aromatic heterocycles. The molecule has 0 unspecified atom stereocenters. The molecule has 1 amide bonds. The van der Waals surface area contributed by atoms with Gasteiger partial charge in [-0.2, -0.15) is 0 Å². The van der Waals surface area contributed by atoms with Gasteiger partial charge in [0.05, 0.1) is 29.8 Å². The molecule has 5 rings (SSSR count). The SMILES string of the molecule is O=C(c1ccc2c(=O)n(-c3ccc(F)cc3)c(SCc3ccccc3Cl)nc2c1)N1CCOCC1. The number of hydrogen-bond donors (Lipinski definition) is 0. The predicted molar refractivity (Wildman–Crippen MR) is 135 cm³/mol. The first-order valence-corrected chi connectivity index (χ1v) is 12.4. The van der Waals surface area contributed by atoms with Gasteiger partial charge in [-0.15, -0.1) is 0 Å². The van der Waals surface area contributed by atoms with Crippen LogP contribution in [0.4, 0.5) is 4.39 Å². The summed E-state index contributed by atoms with van der Waals surface area (Å²) in [6.45, 7) is 2.05. The number of rotatable bonds is 5. The topological polar surface area (TPSA) is 64.4 Å². The maximum absolute atomic E-state index is 13.6. The monoisotopic (exact) mass is 509 g/mol. The van der Waals surface area contributed by atoms with E-state index in [9.17, 15) is 14.0 Å². The lowest BCUT2D eigenvalue weighted by atomic mass is 10.1. The van der Waals surface area contributed by atoms with Crippen LogP contribution in [0.2, 0.25) is 5.02 Å². The number of ether oxygens (including phenoxy) is 1. The number of aromatic nitrogens is 2. The molecule has 1 aliphatic rings. The minimum atomic E-state index is -0.396. The normalized spacial score (nSPS) is 13.8. The van der Waals surface area contributed by atoms with E-state index in [0.717, 1.165) is 5.56 Å². The Hall–Kier alpha value is -3.20. The van der Waals surface area contributed by atoms with Gasteiger partial charge >= 0.3 is 0 Å². The van der Waals surface area contributed by atoms with Gasteiger partial charge in [0.15, 0.2) is 5.16 Å². The quantitative estimate of drug-likeness (QED) is 0.281. The van der Waals surface area contributed by atoms with Crippen molar-refractivity contribution in [3.63, 3.8) is 0 Å². The zero-order chi connectivity index (χ0) is 24.4. The Bertz CT molecular complexity index is 1450. The first-order chi connectivity index (χ1) is 17.0. The minimum Gasteiger partial charge on any atom is -0.378 e. The van der Waals surface area contributed by atoms with E-state index in [-0.39, 0.29) is 11.5 Å². The third-order valence-corrected chi connectivity index (χ3v) is 7.14. The third kappa shape index (κ3) is 4.96. The van der Waals surface area contributed by atoms with Gasteiger partial charge in [0.25, 0.3) is 11.5 Å². The van der Waals surface area contributed by atoms with E-state index in [0.29, 0.717) is 64.4 Å². The molecule has 0 atom stereocenters. The van der Waals surface area contributed by atoms with Crippen molar-refractivity contribution in [1.82, 2.24) is 14.5 Å². The van der Waals surface area contributed by atoms with Crippen LogP contribution in [-0.4, -0.2) is 46.7 Å². The highest BCUT2D eigenvalue weighted by molar-refractivity contribution is 7.98. The zero-order valence-electron chi connectivity index (χ0n) is 18.6. The maximum Gasteiger partial charge on any atom is 0.266 e. The van der Waals surface area contributed by atoms with Gasteiger partial charge in [-0.25, -0.2) is 9.37 Å². The Labute approximate surface area is 210 Å². The van der Waals surface area contributed by atoms with Crippen LogP contribution in [0.15, 0.2) is 76.7 Å². The van der Waals surface area contributed by atoms with Crippen molar-refractivity contribution in [2.24, 2.45) is 0 Å². The molecule has 4 aromatic rings. The molecule has 2 heterocycles. The van der Waals surface area contributed by atoms with Gasteiger partial charge in [0.2, 0.25) is 0 Å². The van der Waals surface area contributed by atoms with Gasteiger partial charge in [0.1, 0.15) is 5.82 Å². The number of amides is 1. The number of thioether (sulfide) groups is 1. The van der Waals surface area contributed by atoms with Crippen molar-refractivity contribution in [1.29, 1.82) is 0 Å². The van der Waals surface area contributed by atoms with Crippen molar-refractivity contribution in [3.8, 4) is 5.69 Å². The lowest BCUT2D eigenvalue weighted by Crippen LogP contribution is -2.40. The lowest BCUT2D eigenvalue weighted by Gasteiger charge is -2.26. The summed E-state index contributed by atoms with van der Waals surface area (Å²) in [6, 6.07) is 18.1. The van der Waals surface area contributed by atoms with Crippen molar-refractivity contribution in [2.75, 3.05) is 26.3 Å². The maximum atomic E-state index is 13.6. The first kappa shape index (κ1) is 23.5. The van der Waals surface area contributed by atoms with Crippen LogP contribution in [0.25, 0.3) is 16.6 Å². The van der Waals surface area contributed by atoms with E-state index in [4.69, 9.17) is 21.3 Å². The molecule has 6 nitrogen and oxygen atoms in total. The van der Waals surface area contributed by atoms with E-state index in [1.54, 1.807) is 35.2 Å². The lowest BCUT2D eigenvalue weighted by molar-refractivity contribution is 0.0303. The Morgan fingerprint density at radius 2 is 1.80 bits per heavy atom. The summed E-state index contributed by atoms with van der Waals surface area (Å²) in [5, 5.41) is 1.41. The van der Waals surface area contributed by atoms with E-state index in [2.05, 4.69) is 0 Å². The molecular weight excluding hydrogens is 489 g/mol. The Kier molecular flexibility index (Phi) is 6.86. The second-order valence-corrected chi connectivity index (χ2v) is 9.38. The summed E-state index contributed by atoms with van der Waals surface area (Å²) in [5.74, 6) is -0.0392. The fourth-order valence-electron chi connectivity index (χ4n) is 3.92. The summed E-state index contributed by atoms with van der Waals surface area (Å²) in [7, 11) is 0. The molecule has 0 bridgehead atoms. The van der Waals surface area contributed by atoms with E-state index >= 15 is 0 Å². The Balaban J connectivity index is 1.59. The predicted octanol–water partition coefficient (Wildman–Crippen LogP) is 4.94. The van der Waals surface area contributed by atoms with Crippen molar-refractivity contribution >= 4 is 40.2 Å². The van der Waals surface area contributed by atoms with E-state index < -0.39 is 5.82 Å². The van der Waals surface area contributed by atoms with Crippen LogP contribution < -0.4 is 5.56 Å². The molecule has 9 heteroatoms. The fourth-order valence-corrected chi connectivity index (χ4v) is 5.22. The third-order valence-electron chi connectivity index (χ3n) is 5.78. The average Bonchev–Trinajstić information content (AvgIpc) is 2.89. The summed E-state index contributed by atoms with van der Waals surface area (Å²) < 4.78 is 20.4. The van der Waals surface area contributed by atoms with Gasteiger partial charge in [-0.1, -0.05) is 41.6 Å². The average molecular weight is 510 g/mol. The summed E-state index contributed by atoms with van der Waals surface area (Å²) in [4.78, 5) is 33.1.